The van der Waals surface area contributed by atoms with Crippen LogP contribution < -0.4 is 10.6 Å². The number of hydrogen-bond acceptors (Lipinski definition) is 5. The van der Waals surface area contributed by atoms with Gasteiger partial charge in [-0.2, -0.15) is 0 Å². The van der Waals surface area contributed by atoms with E-state index in [-0.39, 0.29) is 17.7 Å². The van der Waals surface area contributed by atoms with E-state index < -0.39 is 0 Å². The van der Waals surface area contributed by atoms with Gasteiger partial charge in [0.2, 0.25) is 11.8 Å². The Labute approximate surface area is 186 Å². The van der Waals surface area contributed by atoms with Gasteiger partial charge >= 0.3 is 0 Å². The van der Waals surface area contributed by atoms with Gasteiger partial charge in [-0.15, -0.1) is 11.3 Å². The van der Waals surface area contributed by atoms with E-state index in [1.807, 2.05) is 16.3 Å². The summed E-state index contributed by atoms with van der Waals surface area (Å²) in [5, 5.41) is 7.61. The first kappa shape index (κ1) is 21.5. The number of rotatable bonds is 6. The van der Waals surface area contributed by atoms with Gasteiger partial charge in [0.05, 0.1) is 11.4 Å². The highest BCUT2D eigenvalue weighted by molar-refractivity contribution is 7.12. The molecule has 1 aliphatic heterocycles. The summed E-state index contributed by atoms with van der Waals surface area (Å²) in [5.74, 6) is 0.295. The fourth-order valence-electron chi connectivity index (χ4n) is 4.20. The van der Waals surface area contributed by atoms with Gasteiger partial charge in [-0.05, 0) is 48.6 Å². The maximum absolute atomic E-state index is 12.5. The standard InChI is InChI=1S/C23H28N4O3S/c28-21(16-26-11-13-27(14-12-26)23(30)17-4-1-2-5-17)24-18-7-9-19(10-8-18)25-22(29)20-6-3-15-31-20/h3,6-10,15,17H,1-2,4-5,11-14,16H2,(H,24,28)(H,25,29). The second-order valence-electron chi connectivity index (χ2n) is 8.14. The fraction of sp³-hybridized carbons (Fsp3) is 0.435. The van der Waals surface area contributed by atoms with Crippen molar-refractivity contribution in [2.75, 3.05) is 43.4 Å². The van der Waals surface area contributed by atoms with Crippen molar-refractivity contribution in [2.24, 2.45) is 5.92 Å². The van der Waals surface area contributed by atoms with Gasteiger partial charge in [-0.3, -0.25) is 19.3 Å². The number of amides is 3. The lowest BCUT2D eigenvalue weighted by Crippen LogP contribution is -2.51. The van der Waals surface area contributed by atoms with E-state index >= 15 is 0 Å². The predicted octanol–water partition coefficient (Wildman–Crippen LogP) is 3.27. The normalized spacial score (nSPS) is 17.5. The highest BCUT2D eigenvalue weighted by atomic mass is 32.1. The molecule has 8 heteroatoms. The Kier molecular flexibility index (Phi) is 6.99. The third-order valence-electron chi connectivity index (χ3n) is 5.93. The van der Waals surface area contributed by atoms with Crippen molar-refractivity contribution >= 4 is 40.4 Å². The van der Waals surface area contributed by atoms with E-state index in [9.17, 15) is 14.4 Å². The fourth-order valence-corrected chi connectivity index (χ4v) is 4.82. The Morgan fingerprint density at radius 2 is 1.55 bits per heavy atom. The number of carbonyl (C=O) groups excluding carboxylic acids is 3. The second kappa shape index (κ2) is 10.1. The zero-order valence-corrected chi connectivity index (χ0v) is 18.3. The van der Waals surface area contributed by atoms with Crippen LogP contribution in [0.1, 0.15) is 35.4 Å². The van der Waals surface area contributed by atoms with Gasteiger partial charge in [0.15, 0.2) is 0 Å². The van der Waals surface area contributed by atoms with Crippen molar-refractivity contribution in [1.29, 1.82) is 0 Å². The van der Waals surface area contributed by atoms with E-state index in [0.29, 0.717) is 41.8 Å². The zero-order chi connectivity index (χ0) is 21.6. The highest BCUT2D eigenvalue weighted by Crippen LogP contribution is 2.27. The molecule has 1 aliphatic carbocycles. The summed E-state index contributed by atoms with van der Waals surface area (Å²) in [6.07, 6.45) is 4.38. The summed E-state index contributed by atoms with van der Waals surface area (Å²) >= 11 is 1.39. The Morgan fingerprint density at radius 1 is 0.903 bits per heavy atom. The molecule has 1 aromatic carbocycles. The van der Waals surface area contributed by atoms with Crippen molar-refractivity contribution in [2.45, 2.75) is 25.7 Å². The van der Waals surface area contributed by atoms with Crippen LogP contribution in [-0.2, 0) is 9.59 Å². The van der Waals surface area contributed by atoms with E-state index in [0.717, 1.165) is 25.9 Å². The topological polar surface area (TPSA) is 81.8 Å². The van der Waals surface area contributed by atoms with E-state index in [4.69, 9.17) is 0 Å². The van der Waals surface area contributed by atoms with E-state index in [1.165, 1.54) is 24.2 Å². The number of anilines is 2. The minimum absolute atomic E-state index is 0.0778. The van der Waals surface area contributed by atoms with Crippen LogP contribution in [0.15, 0.2) is 41.8 Å². The van der Waals surface area contributed by atoms with Crippen LogP contribution in [0.2, 0.25) is 0 Å². The van der Waals surface area contributed by atoms with E-state index in [1.54, 1.807) is 30.3 Å². The monoisotopic (exact) mass is 440 g/mol. The molecule has 2 fully saturated rings. The van der Waals surface area contributed by atoms with Gasteiger partial charge in [-0.1, -0.05) is 18.9 Å². The molecule has 2 aliphatic rings. The lowest BCUT2D eigenvalue weighted by molar-refractivity contribution is -0.137. The molecule has 0 unspecified atom stereocenters. The molecule has 31 heavy (non-hydrogen) atoms. The molecular weight excluding hydrogens is 412 g/mol. The van der Waals surface area contributed by atoms with Crippen LogP contribution in [0.5, 0.6) is 0 Å². The number of hydrogen-bond donors (Lipinski definition) is 2. The third-order valence-corrected chi connectivity index (χ3v) is 6.80. The van der Waals surface area contributed by atoms with Gasteiger partial charge in [0.1, 0.15) is 0 Å². The highest BCUT2D eigenvalue weighted by Gasteiger charge is 2.29. The predicted molar refractivity (Wildman–Crippen MR) is 122 cm³/mol. The van der Waals surface area contributed by atoms with Crippen LogP contribution in [0.25, 0.3) is 0 Å². The minimum Gasteiger partial charge on any atom is -0.340 e. The van der Waals surface area contributed by atoms with Gasteiger partial charge in [-0.25, -0.2) is 0 Å². The average molecular weight is 441 g/mol. The van der Waals surface area contributed by atoms with Crippen LogP contribution in [-0.4, -0.2) is 60.2 Å². The molecule has 1 saturated heterocycles. The number of carbonyl (C=O) groups is 3. The molecule has 0 spiro atoms. The third kappa shape index (κ3) is 5.71. The van der Waals surface area contributed by atoms with Gasteiger partial charge in [0, 0.05) is 43.5 Å². The Hall–Kier alpha value is -2.71. The molecule has 164 valence electrons. The molecule has 2 heterocycles. The van der Waals surface area contributed by atoms with Crippen LogP contribution in [0, 0.1) is 5.92 Å². The summed E-state index contributed by atoms with van der Waals surface area (Å²) in [6, 6.07) is 10.7. The van der Waals surface area contributed by atoms with Crippen LogP contribution in [0.3, 0.4) is 0 Å². The molecule has 2 aromatic rings. The zero-order valence-electron chi connectivity index (χ0n) is 17.5. The van der Waals surface area contributed by atoms with Crippen molar-refractivity contribution in [3.8, 4) is 0 Å². The Morgan fingerprint density at radius 3 is 2.16 bits per heavy atom. The van der Waals surface area contributed by atoms with Crippen molar-refractivity contribution in [3.63, 3.8) is 0 Å². The molecule has 1 aromatic heterocycles. The number of benzene rings is 1. The molecular formula is C23H28N4O3S. The molecule has 2 N–H and O–H groups in total. The van der Waals surface area contributed by atoms with Crippen molar-refractivity contribution in [1.82, 2.24) is 9.80 Å². The number of thiophene rings is 1. The maximum Gasteiger partial charge on any atom is 0.265 e. The second-order valence-corrected chi connectivity index (χ2v) is 9.09. The first-order chi connectivity index (χ1) is 15.1. The van der Waals surface area contributed by atoms with E-state index in [2.05, 4.69) is 15.5 Å². The minimum atomic E-state index is -0.141. The van der Waals surface area contributed by atoms with Gasteiger partial charge < -0.3 is 15.5 Å². The summed E-state index contributed by atoms with van der Waals surface area (Å²) in [7, 11) is 0. The first-order valence-electron chi connectivity index (χ1n) is 10.8. The molecule has 0 atom stereocenters. The quantitative estimate of drug-likeness (QED) is 0.722. The van der Waals surface area contributed by atoms with Crippen molar-refractivity contribution < 1.29 is 14.4 Å². The van der Waals surface area contributed by atoms with Crippen LogP contribution in [0.4, 0.5) is 11.4 Å². The maximum atomic E-state index is 12.5. The summed E-state index contributed by atoms with van der Waals surface area (Å²) in [6.45, 7) is 3.14. The summed E-state index contributed by atoms with van der Waals surface area (Å²) in [5.41, 5.74) is 1.37. The lowest BCUT2D eigenvalue weighted by atomic mass is 10.1. The Bertz CT molecular complexity index is 899. The number of nitrogens with one attached hydrogen (secondary N) is 2. The summed E-state index contributed by atoms with van der Waals surface area (Å²) in [4.78, 5) is 41.8. The smallest absolute Gasteiger partial charge is 0.265 e. The first-order valence-corrected chi connectivity index (χ1v) is 11.7. The molecule has 0 radical (unpaired) electrons. The summed E-state index contributed by atoms with van der Waals surface area (Å²) < 4.78 is 0. The lowest BCUT2D eigenvalue weighted by Gasteiger charge is -2.35. The molecule has 0 bridgehead atoms. The largest absolute Gasteiger partial charge is 0.340 e. The molecule has 4 rings (SSSR count). The molecule has 3 amide bonds. The Balaban J connectivity index is 1.20. The van der Waals surface area contributed by atoms with Crippen LogP contribution >= 0.6 is 11.3 Å². The number of nitrogens with zero attached hydrogens (tertiary/aromatic N) is 2. The molecule has 1 saturated carbocycles. The molecule has 7 nitrogen and oxygen atoms in total. The average Bonchev–Trinajstić information content (AvgIpc) is 3.50. The van der Waals surface area contributed by atoms with Gasteiger partial charge in [0.25, 0.3) is 5.91 Å². The van der Waals surface area contributed by atoms with Crippen molar-refractivity contribution in [3.05, 3.63) is 46.7 Å². The SMILES string of the molecule is O=C(CN1CCN(C(=O)C2CCCC2)CC1)Nc1ccc(NC(=O)c2cccs2)cc1. The number of piperazine rings is 1.